The van der Waals surface area contributed by atoms with Crippen LogP contribution < -0.4 is 0 Å². The van der Waals surface area contributed by atoms with E-state index in [4.69, 9.17) is 57.7 Å². The summed E-state index contributed by atoms with van der Waals surface area (Å²) in [5.41, 5.74) is 0. The standard InChI is InChI=1S/Li.3H3O4P.H2O.H/c;3*1-5(2,3)4;;/h;3*(H3,1,2,3,4);1H2;. The van der Waals surface area contributed by atoms with E-state index in [0.29, 0.717) is 0 Å². The van der Waals surface area contributed by atoms with Crippen molar-refractivity contribution < 1.29 is 63.2 Å². The van der Waals surface area contributed by atoms with Gasteiger partial charge in [-0.25, -0.2) is 13.7 Å². The van der Waals surface area contributed by atoms with Crippen LogP contribution in [0.3, 0.4) is 0 Å². The zero-order valence-electron chi connectivity index (χ0n) is 7.09. The molecule has 0 spiro atoms. The monoisotopic (exact) mass is 320 g/mol. The van der Waals surface area contributed by atoms with Crippen molar-refractivity contribution in [3.8, 4) is 0 Å². The van der Waals surface area contributed by atoms with Gasteiger partial charge in [0.1, 0.15) is 0 Å². The zero-order chi connectivity index (χ0) is 13.5. The summed E-state index contributed by atoms with van der Waals surface area (Å²) in [4.78, 5) is 64.7. The predicted octanol–water partition coefficient (Wildman–Crippen LogP) is -4.26. The summed E-state index contributed by atoms with van der Waals surface area (Å²) in [5.74, 6) is 0. The van der Waals surface area contributed by atoms with E-state index in [1.807, 2.05) is 0 Å². The summed E-state index contributed by atoms with van der Waals surface area (Å²) in [6.45, 7) is 0. The molecule has 11 N–H and O–H groups in total. The van der Waals surface area contributed by atoms with Gasteiger partial charge in [-0.1, -0.05) is 0 Å². The quantitative estimate of drug-likeness (QED) is 0.152. The van der Waals surface area contributed by atoms with Gasteiger partial charge in [-0.05, 0) is 0 Å². The molecule has 17 heteroatoms. The fraction of sp³-hybridized carbons (Fsp3) is 0. The Hall–Kier alpha value is 0.887. The van der Waals surface area contributed by atoms with E-state index in [1.54, 1.807) is 0 Å². The fourth-order valence-corrected chi connectivity index (χ4v) is 0. The average molecular weight is 320 g/mol. The van der Waals surface area contributed by atoms with Gasteiger partial charge < -0.3 is 49.5 Å². The molecule has 0 atom stereocenters. The molecule has 0 aromatic rings. The Labute approximate surface area is 106 Å². The van der Waals surface area contributed by atoms with Gasteiger partial charge in [-0.2, -0.15) is 0 Å². The van der Waals surface area contributed by atoms with Crippen molar-refractivity contribution in [3.05, 3.63) is 0 Å². The Morgan fingerprint density at radius 3 is 0.471 bits per heavy atom. The minimum atomic E-state index is -4.64. The Kier molecular flexibility index (Phi) is 21.6. The number of phosphoric acid groups is 3. The number of hydrogen-bond acceptors (Lipinski definition) is 3. The maximum atomic E-state index is 8.88. The van der Waals surface area contributed by atoms with E-state index in [9.17, 15) is 0 Å². The van der Waals surface area contributed by atoms with Gasteiger partial charge in [0.2, 0.25) is 0 Å². The molecule has 0 aliphatic rings. The van der Waals surface area contributed by atoms with Crippen LogP contribution in [0.15, 0.2) is 0 Å². The molecule has 0 saturated heterocycles. The summed E-state index contributed by atoms with van der Waals surface area (Å²) >= 11 is 0. The molecular formula is H12LiO13P3. The molecule has 0 bridgehead atoms. The molecule has 0 saturated carbocycles. The topological polar surface area (TPSA) is 265 Å². The Balaban J connectivity index is -0.0000000400. The van der Waals surface area contributed by atoms with Crippen molar-refractivity contribution in [2.45, 2.75) is 0 Å². The fourth-order valence-electron chi connectivity index (χ4n) is 0. The van der Waals surface area contributed by atoms with Crippen molar-refractivity contribution in [2.75, 3.05) is 0 Å². The molecular weight excluding hydrogens is 308 g/mol. The molecule has 0 aromatic carbocycles. The van der Waals surface area contributed by atoms with Crippen molar-refractivity contribution in [1.82, 2.24) is 0 Å². The van der Waals surface area contributed by atoms with Gasteiger partial charge in [0, 0.05) is 0 Å². The number of rotatable bonds is 0. The van der Waals surface area contributed by atoms with Gasteiger partial charge in [0.05, 0.1) is 0 Å². The maximum absolute atomic E-state index is 8.88. The van der Waals surface area contributed by atoms with Gasteiger partial charge in [0.25, 0.3) is 0 Å². The van der Waals surface area contributed by atoms with Crippen LogP contribution in [0.1, 0.15) is 0 Å². The Morgan fingerprint density at radius 1 is 0.471 bits per heavy atom. The van der Waals surface area contributed by atoms with Gasteiger partial charge in [0.15, 0.2) is 0 Å². The van der Waals surface area contributed by atoms with Gasteiger partial charge in [-0.15, -0.1) is 0 Å². The van der Waals surface area contributed by atoms with E-state index < -0.39 is 23.5 Å². The van der Waals surface area contributed by atoms with Gasteiger partial charge in [-0.3, -0.25) is 0 Å². The van der Waals surface area contributed by atoms with Crippen LogP contribution in [0.4, 0.5) is 0 Å². The third-order valence-electron chi connectivity index (χ3n) is 0. The molecule has 0 aliphatic heterocycles. The first-order valence-electron chi connectivity index (χ1n) is 2.35. The Morgan fingerprint density at radius 2 is 0.471 bits per heavy atom. The molecule has 0 aromatic heterocycles. The molecule has 0 heterocycles. The minimum absolute atomic E-state index is 0. The van der Waals surface area contributed by atoms with E-state index in [0.717, 1.165) is 0 Å². The summed E-state index contributed by atoms with van der Waals surface area (Å²) in [7, 11) is -13.9. The molecule has 0 aliphatic carbocycles. The average Bonchev–Trinajstić information content (AvgIpc) is 1.41. The van der Waals surface area contributed by atoms with E-state index in [2.05, 4.69) is 0 Å². The van der Waals surface area contributed by atoms with Crippen LogP contribution in [0, 0.1) is 0 Å². The van der Waals surface area contributed by atoms with Crippen LogP contribution in [-0.4, -0.2) is 68.4 Å². The zero-order valence-corrected chi connectivity index (χ0v) is 9.77. The van der Waals surface area contributed by atoms with Crippen molar-refractivity contribution >= 4 is 42.3 Å². The predicted molar refractivity (Wildman–Crippen MR) is 53.6 cm³/mol. The van der Waals surface area contributed by atoms with E-state index in [1.165, 1.54) is 0 Å². The Bertz CT molecular complexity index is 203. The first kappa shape index (κ1) is 30.7. The van der Waals surface area contributed by atoms with Crippen LogP contribution >= 0.6 is 23.5 Å². The molecule has 13 nitrogen and oxygen atoms in total. The molecule has 17 heavy (non-hydrogen) atoms. The number of hydrogen-bond donors (Lipinski definition) is 9. The summed E-state index contributed by atoms with van der Waals surface area (Å²) in [6.07, 6.45) is 0. The molecule has 0 unspecified atom stereocenters. The van der Waals surface area contributed by atoms with Crippen LogP contribution in [0.5, 0.6) is 0 Å². The summed E-state index contributed by atoms with van der Waals surface area (Å²) < 4.78 is 26.6. The third-order valence-corrected chi connectivity index (χ3v) is 0. The second kappa shape index (κ2) is 11.9. The van der Waals surface area contributed by atoms with Crippen molar-refractivity contribution in [1.29, 1.82) is 0 Å². The second-order valence-corrected chi connectivity index (χ2v) is 4.62. The normalized spacial score (nSPS) is 10.4. The van der Waals surface area contributed by atoms with E-state index >= 15 is 0 Å². The molecule has 0 rings (SSSR count). The SMILES string of the molecule is O.O=P(O)(O)O.O=P(O)(O)O.O=P(O)(O)O.[LiH]. The third kappa shape index (κ3) is 4750. The molecule has 106 valence electrons. The van der Waals surface area contributed by atoms with Crippen LogP contribution in [-0.2, 0) is 13.7 Å². The van der Waals surface area contributed by atoms with Gasteiger partial charge >= 0.3 is 42.3 Å². The first-order valence-corrected chi connectivity index (χ1v) is 7.04. The molecule has 0 amide bonds. The van der Waals surface area contributed by atoms with Crippen LogP contribution in [0.2, 0.25) is 0 Å². The van der Waals surface area contributed by atoms with Crippen molar-refractivity contribution in [3.63, 3.8) is 0 Å². The van der Waals surface area contributed by atoms with Crippen molar-refractivity contribution in [2.24, 2.45) is 0 Å². The second-order valence-electron chi connectivity index (χ2n) is 1.54. The summed E-state index contributed by atoms with van der Waals surface area (Å²) in [6, 6.07) is 0. The first-order chi connectivity index (χ1) is 6.00. The van der Waals surface area contributed by atoms with Crippen LogP contribution in [0.25, 0.3) is 0 Å². The molecule has 0 fully saturated rings. The van der Waals surface area contributed by atoms with E-state index in [-0.39, 0.29) is 24.3 Å². The summed E-state index contributed by atoms with van der Waals surface area (Å²) in [5, 5.41) is 0. The molecule has 0 radical (unpaired) electrons.